The van der Waals surface area contributed by atoms with Crippen molar-refractivity contribution in [2.24, 2.45) is 5.92 Å². The monoisotopic (exact) mass is 486 g/mol. The summed E-state index contributed by atoms with van der Waals surface area (Å²) in [6.45, 7) is 4.77. The number of fused-ring (bicyclic) bond motifs is 1. The van der Waals surface area contributed by atoms with E-state index in [1.165, 1.54) is 0 Å². The lowest BCUT2D eigenvalue weighted by atomic mass is 9.64. The molecule has 4 rings (SSSR count). The number of aryl methyl sites for hydroxylation is 1. The molecule has 0 radical (unpaired) electrons. The molecule has 0 unspecified atom stereocenters. The molecule has 0 N–H and O–H groups in total. The number of hydrogen-bond donors (Lipinski definition) is 0. The number of carbonyl (C=O) groups excluding carboxylic acids is 2. The Morgan fingerprint density at radius 1 is 0.972 bits per heavy atom. The molecular weight excluding hydrogens is 456 g/mol. The van der Waals surface area contributed by atoms with Gasteiger partial charge in [-0.3, -0.25) is 14.9 Å². The normalized spacial score (nSPS) is 18.0. The predicted octanol–water partition coefficient (Wildman–Crippen LogP) is 5.78. The van der Waals surface area contributed by atoms with E-state index in [0.717, 1.165) is 10.5 Å². The largest absolute Gasteiger partial charge is 0.443 e. The first kappa shape index (κ1) is 25.1. The third-order valence-corrected chi connectivity index (χ3v) is 6.52. The number of ether oxygens (including phenoxy) is 1. The lowest BCUT2D eigenvalue weighted by molar-refractivity contribution is -0.489. The maximum absolute atomic E-state index is 14.4. The first-order chi connectivity index (χ1) is 17.1. The van der Waals surface area contributed by atoms with Gasteiger partial charge in [0.1, 0.15) is 11.0 Å². The zero-order valence-corrected chi connectivity index (χ0v) is 20.7. The molecule has 0 aromatic heterocycles. The standard InChI is InChI=1S/C29H30N2O5/c1-28(2,3)36-27(33)31-25-17-11-10-16-24(25)29(26(31)32,22-14-8-5-9-15-22)23(20-30(34)35)19-18-21-12-6-4-7-13-21/h4-17,23H,18-20H2,1-3H3/t23-,29-/m1/s1. The van der Waals surface area contributed by atoms with Gasteiger partial charge in [0.05, 0.1) is 5.69 Å². The van der Waals surface area contributed by atoms with E-state index in [1.54, 1.807) is 45.0 Å². The molecule has 1 heterocycles. The topological polar surface area (TPSA) is 89.8 Å². The van der Waals surface area contributed by atoms with Gasteiger partial charge in [0.2, 0.25) is 6.54 Å². The summed E-state index contributed by atoms with van der Waals surface area (Å²) in [5.41, 5.74) is 0.375. The molecule has 7 heteroatoms. The van der Waals surface area contributed by atoms with E-state index < -0.39 is 35.5 Å². The Morgan fingerprint density at radius 2 is 1.56 bits per heavy atom. The molecule has 0 fully saturated rings. The summed E-state index contributed by atoms with van der Waals surface area (Å²) in [5.74, 6) is -1.24. The van der Waals surface area contributed by atoms with E-state index in [9.17, 15) is 19.7 Å². The Hall–Kier alpha value is -4.00. The minimum absolute atomic E-state index is 0.369. The molecule has 186 valence electrons. The van der Waals surface area contributed by atoms with Gasteiger partial charge in [-0.2, -0.15) is 0 Å². The van der Waals surface area contributed by atoms with Crippen LogP contribution in [0, 0.1) is 16.0 Å². The number of amides is 2. The fraction of sp³-hybridized carbons (Fsp3) is 0.310. The summed E-state index contributed by atoms with van der Waals surface area (Å²) in [5, 5.41) is 12.0. The van der Waals surface area contributed by atoms with Crippen LogP contribution in [0.2, 0.25) is 0 Å². The number of nitro groups is 1. The van der Waals surface area contributed by atoms with Gasteiger partial charge in [-0.25, -0.2) is 9.69 Å². The second-order valence-electron chi connectivity index (χ2n) is 10.0. The van der Waals surface area contributed by atoms with Gasteiger partial charge in [-0.05, 0) is 56.4 Å². The quantitative estimate of drug-likeness (QED) is 0.312. The second-order valence-corrected chi connectivity index (χ2v) is 10.0. The zero-order chi connectivity index (χ0) is 25.9. The SMILES string of the molecule is CC(C)(C)OC(=O)N1C(=O)[C@](c2ccccc2)([C@H](CCc2ccccc2)C[N+](=O)[O-])c2ccccc21. The van der Waals surface area contributed by atoms with E-state index in [2.05, 4.69) is 0 Å². The highest BCUT2D eigenvalue weighted by molar-refractivity contribution is 6.22. The third kappa shape index (κ3) is 4.73. The van der Waals surface area contributed by atoms with Crippen LogP contribution in [0.3, 0.4) is 0 Å². The number of rotatable bonds is 7. The number of para-hydroxylation sites is 1. The Bertz CT molecular complexity index is 1250. The molecule has 3 aromatic rings. The average Bonchev–Trinajstić information content (AvgIpc) is 3.10. The number of benzene rings is 3. The van der Waals surface area contributed by atoms with Crippen molar-refractivity contribution in [1.29, 1.82) is 0 Å². The molecule has 36 heavy (non-hydrogen) atoms. The molecule has 1 aliphatic heterocycles. The number of carbonyl (C=O) groups is 2. The maximum Gasteiger partial charge on any atom is 0.421 e. The number of hydrogen-bond acceptors (Lipinski definition) is 5. The van der Waals surface area contributed by atoms with Gasteiger partial charge in [0, 0.05) is 10.8 Å². The molecule has 0 aliphatic carbocycles. The second kappa shape index (κ2) is 9.93. The highest BCUT2D eigenvalue weighted by atomic mass is 16.6. The van der Waals surface area contributed by atoms with E-state index in [-0.39, 0.29) is 4.92 Å². The van der Waals surface area contributed by atoms with E-state index in [0.29, 0.717) is 29.7 Å². The van der Waals surface area contributed by atoms with E-state index in [4.69, 9.17) is 4.74 Å². The van der Waals surface area contributed by atoms with Crippen molar-refractivity contribution in [3.63, 3.8) is 0 Å². The molecule has 7 nitrogen and oxygen atoms in total. The highest BCUT2D eigenvalue weighted by Crippen LogP contribution is 2.52. The average molecular weight is 487 g/mol. The molecule has 0 saturated carbocycles. The lowest BCUT2D eigenvalue weighted by Gasteiger charge is -2.35. The molecule has 1 aliphatic rings. The van der Waals surface area contributed by atoms with Crippen LogP contribution in [0.1, 0.15) is 43.9 Å². The van der Waals surface area contributed by atoms with Crippen molar-refractivity contribution in [2.45, 2.75) is 44.6 Å². The maximum atomic E-state index is 14.4. The van der Waals surface area contributed by atoms with Crippen LogP contribution in [-0.2, 0) is 21.4 Å². The molecule has 3 aromatic carbocycles. The van der Waals surface area contributed by atoms with Crippen LogP contribution in [0.15, 0.2) is 84.9 Å². The summed E-state index contributed by atoms with van der Waals surface area (Å²) >= 11 is 0. The summed E-state index contributed by atoms with van der Waals surface area (Å²) in [6.07, 6.45) is 0.137. The molecule has 0 spiro atoms. The number of imide groups is 1. The third-order valence-electron chi connectivity index (χ3n) is 6.52. The highest BCUT2D eigenvalue weighted by Gasteiger charge is 2.59. The predicted molar refractivity (Wildman–Crippen MR) is 137 cm³/mol. The summed E-state index contributed by atoms with van der Waals surface area (Å²) in [4.78, 5) is 40.4. The van der Waals surface area contributed by atoms with Crippen LogP contribution in [-0.4, -0.2) is 29.1 Å². The number of anilines is 1. The van der Waals surface area contributed by atoms with Crippen molar-refractivity contribution >= 4 is 17.7 Å². The van der Waals surface area contributed by atoms with Crippen molar-refractivity contribution in [3.8, 4) is 0 Å². The molecular formula is C29H30N2O5. The zero-order valence-electron chi connectivity index (χ0n) is 20.7. The fourth-order valence-electron chi connectivity index (χ4n) is 5.11. The van der Waals surface area contributed by atoms with Crippen molar-refractivity contribution in [3.05, 3.63) is 112 Å². The van der Waals surface area contributed by atoms with Crippen LogP contribution >= 0.6 is 0 Å². The summed E-state index contributed by atoms with van der Waals surface area (Å²) in [6, 6.07) is 25.8. The summed E-state index contributed by atoms with van der Waals surface area (Å²) < 4.78 is 5.60. The van der Waals surface area contributed by atoms with Gasteiger partial charge in [-0.15, -0.1) is 0 Å². The minimum atomic E-state index is -1.42. The van der Waals surface area contributed by atoms with Crippen LogP contribution in [0.4, 0.5) is 10.5 Å². The Balaban J connectivity index is 1.90. The van der Waals surface area contributed by atoms with Crippen molar-refractivity contribution in [2.75, 3.05) is 11.4 Å². The van der Waals surface area contributed by atoms with Gasteiger partial charge in [-0.1, -0.05) is 78.9 Å². The van der Waals surface area contributed by atoms with Crippen LogP contribution < -0.4 is 4.90 Å². The van der Waals surface area contributed by atoms with Crippen LogP contribution in [0.25, 0.3) is 0 Å². The summed E-state index contributed by atoms with van der Waals surface area (Å²) in [7, 11) is 0. The molecule has 2 amide bonds. The van der Waals surface area contributed by atoms with Gasteiger partial charge >= 0.3 is 6.09 Å². The molecule has 0 saturated heterocycles. The first-order valence-corrected chi connectivity index (χ1v) is 12.0. The number of nitrogens with zero attached hydrogens (tertiary/aromatic N) is 2. The van der Waals surface area contributed by atoms with E-state index >= 15 is 0 Å². The smallest absolute Gasteiger partial charge is 0.421 e. The van der Waals surface area contributed by atoms with Gasteiger partial charge in [0.15, 0.2) is 0 Å². The lowest BCUT2D eigenvalue weighted by Crippen LogP contribution is -2.51. The fourth-order valence-corrected chi connectivity index (χ4v) is 5.11. The molecule has 2 atom stereocenters. The van der Waals surface area contributed by atoms with Gasteiger partial charge < -0.3 is 4.74 Å². The van der Waals surface area contributed by atoms with Gasteiger partial charge in [0.25, 0.3) is 5.91 Å². The Labute approximate surface area is 210 Å². The van der Waals surface area contributed by atoms with Crippen LogP contribution in [0.5, 0.6) is 0 Å². The van der Waals surface area contributed by atoms with Crippen molar-refractivity contribution in [1.82, 2.24) is 0 Å². The Morgan fingerprint density at radius 3 is 2.17 bits per heavy atom. The first-order valence-electron chi connectivity index (χ1n) is 12.0. The minimum Gasteiger partial charge on any atom is -0.443 e. The van der Waals surface area contributed by atoms with Crippen molar-refractivity contribution < 1.29 is 19.2 Å². The Kier molecular flexibility index (Phi) is 6.93. The molecule has 0 bridgehead atoms. The van der Waals surface area contributed by atoms with E-state index in [1.807, 2.05) is 60.7 Å².